The Balaban J connectivity index is 3.16. The second kappa shape index (κ2) is 5.53. The Labute approximate surface area is 106 Å². The number of likely N-dealkylation sites (N-methyl/N-ethyl adjacent to an activating group) is 1. The van der Waals surface area contributed by atoms with Crippen LogP contribution in [0.15, 0.2) is 18.2 Å². The number of hydrogen-bond donors (Lipinski definition) is 1. The van der Waals surface area contributed by atoms with Crippen molar-refractivity contribution in [2.24, 2.45) is 0 Å². The van der Waals surface area contributed by atoms with E-state index in [-0.39, 0.29) is 5.92 Å². The first-order chi connectivity index (χ1) is 8.38. The number of carboxylic acid groups (broad SMARTS) is 1. The summed E-state index contributed by atoms with van der Waals surface area (Å²) in [5.41, 5.74) is 1.46. The van der Waals surface area contributed by atoms with Crippen molar-refractivity contribution in [3.05, 3.63) is 23.8 Å². The summed E-state index contributed by atoms with van der Waals surface area (Å²) in [6.45, 7) is 4.00. The molecule has 5 nitrogen and oxygen atoms in total. The van der Waals surface area contributed by atoms with Crippen LogP contribution < -0.4 is 9.64 Å². The predicted octanol–water partition coefficient (Wildman–Crippen LogP) is 1.87. The Kier molecular flexibility index (Phi) is 4.31. The average molecular weight is 251 g/mol. The monoisotopic (exact) mass is 251 g/mol. The van der Waals surface area contributed by atoms with Gasteiger partial charge in [0.15, 0.2) is 0 Å². The largest absolute Gasteiger partial charge is 0.496 e. The van der Waals surface area contributed by atoms with E-state index in [2.05, 4.69) is 0 Å². The minimum Gasteiger partial charge on any atom is -0.496 e. The third kappa shape index (κ3) is 2.80. The first kappa shape index (κ1) is 14.0. The topological polar surface area (TPSA) is 66.8 Å². The maximum atomic E-state index is 11.4. The van der Waals surface area contributed by atoms with E-state index in [4.69, 9.17) is 9.84 Å². The highest BCUT2D eigenvalue weighted by Gasteiger charge is 2.20. The van der Waals surface area contributed by atoms with E-state index in [9.17, 15) is 9.59 Å². The summed E-state index contributed by atoms with van der Waals surface area (Å²) in [4.78, 5) is 23.1. The molecule has 1 N–H and O–H groups in total. The van der Waals surface area contributed by atoms with Gasteiger partial charge in [-0.3, -0.25) is 4.79 Å². The van der Waals surface area contributed by atoms with E-state index in [1.54, 1.807) is 25.3 Å². The summed E-state index contributed by atoms with van der Waals surface area (Å²) >= 11 is 0. The Bertz CT molecular complexity index is 468. The Morgan fingerprint density at radius 2 is 1.94 bits per heavy atom. The zero-order valence-electron chi connectivity index (χ0n) is 10.9. The van der Waals surface area contributed by atoms with Crippen LogP contribution in [0.5, 0.6) is 5.75 Å². The van der Waals surface area contributed by atoms with Crippen molar-refractivity contribution in [2.45, 2.75) is 19.8 Å². The lowest BCUT2D eigenvalue weighted by Gasteiger charge is -2.18. The molecule has 18 heavy (non-hydrogen) atoms. The van der Waals surface area contributed by atoms with Gasteiger partial charge in [-0.05, 0) is 29.7 Å². The lowest BCUT2D eigenvalue weighted by molar-refractivity contribution is -0.148. The van der Waals surface area contributed by atoms with E-state index in [1.807, 2.05) is 13.8 Å². The number of rotatable bonds is 3. The second-order valence-corrected chi connectivity index (χ2v) is 4.25. The third-order valence-corrected chi connectivity index (χ3v) is 2.71. The van der Waals surface area contributed by atoms with Gasteiger partial charge in [-0.15, -0.1) is 0 Å². The molecule has 0 bridgehead atoms. The molecule has 0 saturated heterocycles. The molecule has 0 aliphatic rings. The van der Waals surface area contributed by atoms with Crippen LogP contribution in [0.3, 0.4) is 0 Å². The van der Waals surface area contributed by atoms with E-state index in [0.717, 1.165) is 16.2 Å². The molecule has 0 radical (unpaired) electrons. The van der Waals surface area contributed by atoms with Crippen LogP contribution in [0.4, 0.5) is 5.69 Å². The Morgan fingerprint density at radius 1 is 1.33 bits per heavy atom. The highest BCUT2D eigenvalue weighted by molar-refractivity contribution is 6.37. The van der Waals surface area contributed by atoms with Crippen molar-refractivity contribution >= 4 is 17.6 Å². The molecule has 0 atom stereocenters. The Morgan fingerprint density at radius 3 is 2.39 bits per heavy atom. The lowest BCUT2D eigenvalue weighted by atomic mass is 10.0. The number of benzene rings is 1. The molecule has 98 valence electrons. The molecule has 5 heteroatoms. The quantitative estimate of drug-likeness (QED) is 0.833. The van der Waals surface area contributed by atoms with Gasteiger partial charge in [-0.2, -0.15) is 0 Å². The number of amides is 1. The zero-order valence-corrected chi connectivity index (χ0v) is 10.9. The molecule has 0 aliphatic heterocycles. The highest BCUT2D eigenvalue weighted by Crippen LogP contribution is 2.30. The summed E-state index contributed by atoms with van der Waals surface area (Å²) in [5, 5.41) is 8.68. The third-order valence-electron chi connectivity index (χ3n) is 2.71. The number of aliphatic carboxylic acids is 1. The molecular formula is C13H17NO4. The minimum atomic E-state index is -1.47. The van der Waals surface area contributed by atoms with Crippen molar-refractivity contribution in [2.75, 3.05) is 19.1 Å². The fraction of sp³-hybridized carbons (Fsp3) is 0.385. The van der Waals surface area contributed by atoms with E-state index in [0.29, 0.717) is 5.69 Å². The predicted molar refractivity (Wildman–Crippen MR) is 68.1 cm³/mol. The van der Waals surface area contributed by atoms with Crippen molar-refractivity contribution in [3.63, 3.8) is 0 Å². The first-order valence-electron chi connectivity index (χ1n) is 5.57. The van der Waals surface area contributed by atoms with Crippen LogP contribution in [-0.2, 0) is 9.59 Å². The van der Waals surface area contributed by atoms with Crippen LogP contribution >= 0.6 is 0 Å². The van der Waals surface area contributed by atoms with Crippen LogP contribution in [0, 0.1) is 0 Å². The first-order valence-corrected chi connectivity index (χ1v) is 5.57. The number of hydrogen-bond acceptors (Lipinski definition) is 3. The maximum absolute atomic E-state index is 11.4. The van der Waals surface area contributed by atoms with Gasteiger partial charge in [-0.25, -0.2) is 4.79 Å². The molecule has 0 heterocycles. The number of carbonyl (C=O) groups excluding carboxylic acids is 1. The fourth-order valence-electron chi connectivity index (χ4n) is 1.64. The number of carbonyl (C=O) groups is 2. The van der Waals surface area contributed by atoms with Crippen molar-refractivity contribution in [1.82, 2.24) is 0 Å². The number of nitrogens with zero attached hydrogens (tertiary/aromatic N) is 1. The average Bonchev–Trinajstić information content (AvgIpc) is 2.35. The number of ether oxygens (including phenoxy) is 1. The number of carboxylic acids is 1. The van der Waals surface area contributed by atoms with Gasteiger partial charge in [0, 0.05) is 12.7 Å². The summed E-state index contributed by atoms with van der Waals surface area (Å²) in [5.74, 6) is -1.49. The van der Waals surface area contributed by atoms with Gasteiger partial charge in [0.25, 0.3) is 0 Å². The van der Waals surface area contributed by atoms with Crippen LogP contribution in [-0.4, -0.2) is 31.1 Å². The van der Waals surface area contributed by atoms with Crippen LogP contribution in [0.1, 0.15) is 25.3 Å². The molecule has 0 saturated carbocycles. The molecule has 0 aliphatic carbocycles. The highest BCUT2D eigenvalue weighted by atomic mass is 16.5. The number of anilines is 1. The second-order valence-electron chi connectivity index (χ2n) is 4.25. The molecule has 1 amide bonds. The molecule has 1 rings (SSSR count). The van der Waals surface area contributed by atoms with Gasteiger partial charge >= 0.3 is 11.9 Å². The smallest absolute Gasteiger partial charge is 0.394 e. The van der Waals surface area contributed by atoms with Crippen molar-refractivity contribution < 1.29 is 19.4 Å². The van der Waals surface area contributed by atoms with Crippen LogP contribution in [0.25, 0.3) is 0 Å². The van der Waals surface area contributed by atoms with Gasteiger partial charge in [0.2, 0.25) is 0 Å². The molecule has 1 aromatic rings. The summed E-state index contributed by atoms with van der Waals surface area (Å²) < 4.78 is 5.23. The minimum absolute atomic E-state index is 0.216. The van der Waals surface area contributed by atoms with Gasteiger partial charge in [-0.1, -0.05) is 13.8 Å². The fourth-order valence-corrected chi connectivity index (χ4v) is 1.64. The molecular weight excluding hydrogens is 234 g/mol. The standard InChI is InChI=1S/C13H17NO4/c1-8(2)10-7-9(5-6-11(10)18-4)14(3)12(15)13(16)17/h5-8H,1-4H3,(H,16,17). The summed E-state index contributed by atoms with van der Waals surface area (Å²) in [6.07, 6.45) is 0. The lowest BCUT2D eigenvalue weighted by Crippen LogP contribution is -2.32. The van der Waals surface area contributed by atoms with E-state index >= 15 is 0 Å². The van der Waals surface area contributed by atoms with Gasteiger partial charge < -0.3 is 14.7 Å². The van der Waals surface area contributed by atoms with Crippen LogP contribution in [0.2, 0.25) is 0 Å². The van der Waals surface area contributed by atoms with E-state index in [1.165, 1.54) is 7.05 Å². The summed E-state index contributed by atoms with van der Waals surface area (Å²) in [6, 6.07) is 5.16. The molecule has 0 unspecified atom stereocenters. The van der Waals surface area contributed by atoms with Crippen molar-refractivity contribution in [3.8, 4) is 5.75 Å². The van der Waals surface area contributed by atoms with Gasteiger partial charge in [0.1, 0.15) is 5.75 Å². The molecule has 0 spiro atoms. The van der Waals surface area contributed by atoms with Crippen molar-refractivity contribution in [1.29, 1.82) is 0 Å². The van der Waals surface area contributed by atoms with E-state index < -0.39 is 11.9 Å². The molecule has 0 fully saturated rings. The SMILES string of the molecule is COc1ccc(N(C)C(=O)C(=O)O)cc1C(C)C. The molecule has 0 aromatic heterocycles. The van der Waals surface area contributed by atoms with Gasteiger partial charge in [0.05, 0.1) is 7.11 Å². The Hall–Kier alpha value is -2.04. The zero-order chi connectivity index (χ0) is 13.9. The summed E-state index contributed by atoms with van der Waals surface area (Å²) in [7, 11) is 3.01. The maximum Gasteiger partial charge on any atom is 0.394 e. The molecule has 1 aromatic carbocycles. The normalized spacial score (nSPS) is 10.3. The number of methoxy groups -OCH3 is 1.